The first-order valence-electron chi connectivity index (χ1n) is 12.7. The van der Waals surface area contributed by atoms with Crippen LogP contribution in [0.4, 0.5) is 5.69 Å². The van der Waals surface area contributed by atoms with Crippen molar-refractivity contribution >= 4 is 23.5 Å². The number of rotatable bonds is 10. The van der Waals surface area contributed by atoms with E-state index in [4.69, 9.17) is 0 Å². The smallest absolute Gasteiger partial charge is 0.336 e. The van der Waals surface area contributed by atoms with Gasteiger partial charge in [-0.15, -0.1) is 0 Å². The van der Waals surface area contributed by atoms with Gasteiger partial charge in [-0.2, -0.15) is 0 Å². The van der Waals surface area contributed by atoms with Gasteiger partial charge in [0.05, 0.1) is 11.1 Å². The van der Waals surface area contributed by atoms with Gasteiger partial charge in [0.25, 0.3) is 0 Å². The summed E-state index contributed by atoms with van der Waals surface area (Å²) >= 11 is 0. The summed E-state index contributed by atoms with van der Waals surface area (Å²) in [6.45, 7) is 24.0. The minimum absolute atomic E-state index is 0.0113. The van der Waals surface area contributed by atoms with Crippen LogP contribution in [-0.4, -0.2) is 28.1 Å². The van der Waals surface area contributed by atoms with Crippen molar-refractivity contribution in [1.82, 2.24) is 0 Å². The van der Waals surface area contributed by atoms with Gasteiger partial charge in [-0.1, -0.05) is 81.4 Å². The van der Waals surface area contributed by atoms with Crippen molar-refractivity contribution in [1.29, 1.82) is 0 Å². The van der Waals surface area contributed by atoms with Crippen LogP contribution in [0.25, 0.3) is 0 Å². The molecule has 1 amide bonds. The molecule has 3 N–H and O–H groups in total. The number of carboxylic acid groups (broad SMARTS) is 2. The normalized spacial score (nSPS) is 13.2. The average molecular weight is 502 g/mol. The molecule has 0 bridgehead atoms. The number of benzene rings is 1. The van der Waals surface area contributed by atoms with Crippen LogP contribution in [0.2, 0.25) is 0 Å². The fourth-order valence-electron chi connectivity index (χ4n) is 5.68. The van der Waals surface area contributed by atoms with E-state index in [-0.39, 0.29) is 44.5 Å². The predicted octanol–water partition coefficient (Wildman–Crippen LogP) is 7.66. The van der Waals surface area contributed by atoms with Crippen LogP contribution in [0.5, 0.6) is 0 Å². The van der Waals surface area contributed by atoms with Gasteiger partial charge >= 0.3 is 11.9 Å². The SMILES string of the molecule is CCc1c(NC(=O)C(C)(C)CC(C)(C)/C=C\C(C)(C)CC(C)(C)C)c(C)c(C(=O)O)c(C)c1C(=O)O. The highest BCUT2D eigenvalue weighted by molar-refractivity contribution is 6.05. The molecule has 202 valence electrons. The Kier molecular flexibility index (Phi) is 9.40. The Morgan fingerprint density at radius 1 is 0.750 bits per heavy atom. The molecule has 0 radical (unpaired) electrons. The predicted molar refractivity (Wildman–Crippen MR) is 147 cm³/mol. The second-order valence-corrected chi connectivity index (χ2v) is 13.4. The second kappa shape index (κ2) is 10.8. The van der Waals surface area contributed by atoms with E-state index in [0.717, 1.165) is 6.42 Å². The maximum absolute atomic E-state index is 13.5. The maximum atomic E-state index is 13.5. The molecular weight excluding hydrogens is 454 g/mol. The van der Waals surface area contributed by atoms with Crippen LogP contribution < -0.4 is 5.32 Å². The number of carbonyl (C=O) groups is 3. The standard InChI is InChI=1S/C30H47NO5/c1-13-20-22(25(34)35)18(2)21(24(32)33)19(3)23(20)31-26(36)30(11,12)17-29(9,10)15-14-28(7,8)16-27(4,5)6/h14-15H,13,16-17H2,1-12H3,(H,31,36)(H,32,33)(H,34,35)/b15-14-. The second-order valence-electron chi connectivity index (χ2n) is 13.4. The number of nitrogens with one attached hydrogen (secondary N) is 1. The third-order valence-electron chi connectivity index (χ3n) is 6.61. The van der Waals surface area contributed by atoms with Crippen LogP contribution >= 0.6 is 0 Å². The summed E-state index contributed by atoms with van der Waals surface area (Å²) in [5.74, 6) is -2.69. The molecule has 0 aliphatic carbocycles. The highest BCUT2D eigenvalue weighted by Crippen LogP contribution is 2.40. The molecule has 1 aromatic rings. The Balaban J connectivity index is 3.38. The molecule has 6 nitrogen and oxygen atoms in total. The van der Waals surface area contributed by atoms with E-state index in [1.54, 1.807) is 13.8 Å². The largest absolute Gasteiger partial charge is 0.478 e. The quantitative estimate of drug-likeness (QED) is 0.285. The highest BCUT2D eigenvalue weighted by atomic mass is 16.4. The van der Waals surface area contributed by atoms with Crippen molar-refractivity contribution in [3.8, 4) is 0 Å². The van der Waals surface area contributed by atoms with Gasteiger partial charge in [-0.05, 0) is 66.0 Å². The Labute approximate surface area is 217 Å². The van der Waals surface area contributed by atoms with Crippen LogP contribution in [0.1, 0.15) is 119 Å². The monoisotopic (exact) mass is 501 g/mol. The molecule has 0 saturated heterocycles. The van der Waals surface area contributed by atoms with Gasteiger partial charge in [0, 0.05) is 11.1 Å². The number of carbonyl (C=O) groups excluding carboxylic acids is 1. The zero-order chi connectivity index (χ0) is 28.4. The molecule has 0 saturated carbocycles. The summed E-state index contributed by atoms with van der Waals surface area (Å²) in [4.78, 5) is 37.5. The number of hydrogen-bond acceptors (Lipinski definition) is 3. The molecule has 6 heteroatoms. The fourth-order valence-corrected chi connectivity index (χ4v) is 5.68. The number of aromatic carboxylic acids is 2. The molecule has 0 fully saturated rings. The van der Waals surface area contributed by atoms with Crippen LogP contribution in [0, 0.1) is 35.5 Å². The minimum atomic E-state index is -1.21. The van der Waals surface area contributed by atoms with Crippen molar-refractivity contribution < 1.29 is 24.6 Å². The molecule has 1 rings (SSSR count). The number of allylic oxidation sites excluding steroid dienone is 2. The number of hydrogen-bond donors (Lipinski definition) is 3. The Bertz CT molecular complexity index is 1050. The van der Waals surface area contributed by atoms with Gasteiger partial charge in [-0.3, -0.25) is 4.79 Å². The summed E-state index contributed by atoms with van der Waals surface area (Å²) in [6, 6.07) is 0. The van der Waals surface area contributed by atoms with Crippen molar-refractivity contribution in [3.05, 3.63) is 40.0 Å². The zero-order valence-corrected chi connectivity index (χ0v) is 24.4. The third-order valence-corrected chi connectivity index (χ3v) is 6.61. The minimum Gasteiger partial charge on any atom is -0.478 e. The van der Waals surface area contributed by atoms with Crippen LogP contribution in [0.15, 0.2) is 12.2 Å². The van der Waals surface area contributed by atoms with Gasteiger partial charge in [0.15, 0.2) is 0 Å². The molecule has 0 aliphatic rings. The molecule has 0 unspecified atom stereocenters. The molecule has 36 heavy (non-hydrogen) atoms. The molecule has 0 spiro atoms. The lowest BCUT2D eigenvalue weighted by Gasteiger charge is -2.35. The summed E-state index contributed by atoms with van der Waals surface area (Å²) in [5, 5.41) is 22.5. The maximum Gasteiger partial charge on any atom is 0.336 e. The lowest BCUT2D eigenvalue weighted by Crippen LogP contribution is -2.35. The van der Waals surface area contributed by atoms with Gasteiger partial charge in [0.2, 0.25) is 5.91 Å². The van der Waals surface area contributed by atoms with E-state index in [2.05, 4.69) is 65.9 Å². The first-order valence-corrected chi connectivity index (χ1v) is 12.7. The Morgan fingerprint density at radius 2 is 1.19 bits per heavy atom. The number of amides is 1. The Morgan fingerprint density at radius 3 is 1.58 bits per heavy atom. The summed E-state index contributed by atoms with van der Waals surface area (Å²) in [6.07, 6.45) is 6.35. The lowest BCUT2D eigenvalue weighted by molar-refractivity contribution is -0.125. The Hall–Kier alpha value is -2.63. The van der Waals surface area contributed by atoms with Crippen molar-refractivity contribution in [2.75, 3.05) is 5.32 Å². The lowest BCUT2D eigenvalue weighted by atomic mass is 9.71. The highest BCUT2D eigenvalue weighted by Gasteiger charge is 2.36. The zero-order valence-electron chi connectivity index (χ0n) is 24.4. The average Bonchev–Trinajstić information content (AvgIpc) is 2.65. The fraction of sp³-hybridized carbons (Fsp3) is 0.633. The van der Waals surface area contributed by atoms with Gasteiger partial charge in [-0.25, -0.2) is 9.59 Å². The topological polar surface area (TPSA) is 104 Å². The van der Waals surface area contributed by atoms with E-state index in [1.165, 1.54) is 6.92 Å². The first-order chi connectivity index (χ1) is 16.0. The molecule has 0 heterocycles. The molecular formula is C30H47NO5. The van der Waals surface area contributed by atoms with E-state index in [9.17, 15) is 24.6 Å². The van der Waals surface area contributed by atoms with Gasteiger partial charge in [0.1, 0.15) is 0 Å². The van der Waals surface area contributed by atoms with Crippen molar-refractivity contribution in [2.24, 2.45) is 21.7 Å². The number of carboxylic acids is 2. The summed E-state index contributed by atoms with van der Waals surface area (Å²) < 4.78 is 0. The molecule has 0 aliphatic heterocycles. The molecule has 1 aromatic carbocycles. The van der Waals surface area contributed by atoms with Crippen LogP contribution in [0.3, 0.4) is 0 Å². The molecule has 0 atom stereocenters. The van der Waals surface area contributed by atoms with Crippen LogP contribution in [-0.2, 0) is 11.2 Å². The van der Waals surface area contributed by atoms with E-state index < -0.39 is 17.4 Å². The van der Waals surface area contributed by atoms with E-state index in [1.807, 2.05) is 13.8 Å². The van der Waals surface area contributed by atoms with E-state index >= 15 is 0 Å². The van der Waals surface area contributed by atoms with E-state index in [0.29, 0.717) is 24.0 Å². The third kappa shape index (κ3) is 7.94. The first kappa shape index (κ1) is 31.4. The summed E-state index contributed by atoms with van der Waals surface area (Å²) in [7, 11) is 0. The molecule has 0 aromatic heterocycles. The number of anilines is 1. The van der Waals surface area contributed by atoms with Gasteiger partial charge < -0.3 is 15.5 Å². The summed E-state index contributed by atoms with van der Waals surface area (Å²) in [5.41, 5.74) is 0.299. The van der Waals surface area contributed by atoms with Crippen molar-refractivity contribution in [3.63, 3.8) is 0 Å². The van der Waals surface area contributed by atoms with Crippen molar-refractivity contribution in [2.45, 2.75) is 102 Å².